The lowest BCUT2D eigenvalue weighted by Crippen LogP contribution is -2.61. The topological polar surface area (TPSA) is 147 Å². The fraction of sp³-hybridized carbons (Fsp3) is 0.750. The quantitative estimate of drug-likeness (QED) is 0.284. The number of ketones is 2. The molecular formula is C40H60FNO11. The van der Waals surface area contributed by atoms with Crippen LogP contribution in [0, 0.1) is 23.7 Å². The van der Waals surface area contributed by atoms with Gasteiger partial charge in [0.25, 0.3) is 5.67 Å². The Morgan fingerprint density at radius 2 is 1.64 bits per heavy atom. The van der Waals surface area contributed by atoms with Crippen molar-refractivity contribution in [3.63, 3.8) is 0 Å². The van der Waals surface area contributed by atoms with Crippen molar-refractivity contribution in [3.8, 4) is 0 Å². The normalized spacial score (nSPS) is 41.8. The van der Waals surface area contributed by atoms with Gasteiger partial charge in [0.2, 0.25) is 0 Å². The van der Waals surface area contributed by atoms with Crippen molar-refractivity contribution in [2.45, 2.75) is 141 Å². The lowest BCUT2D eigenvalue weighted by Gasteiger charge is -2.47. The Labute approximate surface area is 313 Å². The van der Waals surface area contributed by atoms with Crippen LogP contribution in [0.25, 0.3) is 0 Å². The van der Waals surface area contributed by atoms with Gasteiger partial charge in [0, 0.05) is 36.8 Å². The molecule has 0 spiro atoms. The average Bonchev–Trinajstić information content (AvgIpc) is 3.37. The second kappa shape index (κ2) is 16.9. The minimum atomic E-state index is -3.17. The molecule has 14 atom stereocenters. The number of cyclic esters (lactones) is 1. The molecule has 298 valence electrons. The maximum Gasteiger partial charge on any atom is 0.351 e. The van der Waals surface area contributed by atoms with E-state index >= 15 is 4.39 Å². The van der Waals surface area contributed by atoms with Gasteiger partial charge < -0.3 is 38.4 Å². The fourth-order valence-corrected chi connectivity index (χ4v) is 8.70. The van der Waals surface area contributed by atoms with E-state index in [9.17, 15) is 24.3 Å². The third-order valence-electron chi connectivity index (χ3n) is 11.9. The molecule has 53 heavy (non-hydrogen) atoms. The number of esters is 2. The largest absolute Gasteiger partial charge is 0.455 e. The summed E-state index contributed by atoms with van der Waals surface area (Å²) in [7, 11) is 5.04. The van der Waals surface area contributed by atoms with Crippen LogP contribution < -0.4 is 0 Å². The number of methoxy groups -OCH3 is 1. The molecular weight excluding hydrogens is 689 g/mol. The van der Waals surface area contributed by atoms with Crippen LogP contribution in [0.2, 0.25) is 0 Å². The number of ether oxygens (including phenoxy) is 6. The standard InChI is InChI=1S/C40H60FNO11/c1-12-28-40(8)29(32(35(46)53-40)49-19-18-26-16-14-13-15-17-26)24(4)30(43)22(2)21-38(6,48-11)34(25(5)33(45)39(7,41)37(47)51-28)52-36-31(44)27(42(9)10)20-23(3)50-36/h13-17,22-25,27-29,31-32,34,36,44H,12,18-21H2,1-11H3/t22-,23-,24-,25+,27+,28-,29-,31-,32?,34-,36+,38-,39+,40-/m1/s1. The third-order valence-corrected chi connectivity index (χ3v) is 11.9. The maximum atomic E-state index is 16.8. The number of aliphatic hydroxyl groups excluding tert-OH is 1. The molecule has 3 heterocycles. The summed E-state index contributed by atoms with van der Waals surface area (Å²) in [5, 5.41) is 11.4. The summed E-state index contributed by atoms with van der Waals surface area (Å²) in [5.41, 5.74) is -5.24. The van der Waals surface area contributed by atoms with Gasteiger partial charge in [-0.2, -0.15) is 0 Å². The Balaban J connectivity index is 1.78. The average molecular weight is 750 g/mol. The van der Waals surface area contributed by atoms with Gasteiger partial charge in [0.15, 0.2) is 23.8 Å². The molecule has 0 aromatic heterocycles. The van der Waals surface area contributed by atoms with Gasteiger partial charge in [-0.1, -0.05) is 58.0 Å². The van der Waals surface area contributed by atoms with Crippen LogP contribution in [0.15, 0.2) is 30.3 Å². The summed E-state index contributed by atoms with van der Waals surface area (Å²) in [6.07, 6.45) is -5.40. The molecule has 13 heteroatoms. The summed E-state index contributed by atoms with van der Waals surface area (Å²) in [6.45, 7) is 12.5. The minimum Gasteiger partial charge on any atom is -0.455 e. The van der Waals surface area contributed by atoms with Crippen LogP contribution in [-0.4, -0.2) is 121 Å². The molecule has 3 saturated heterocycles. The van der Waals surface area contributed by atoms with E-state index in [0.29, 0.717) is 12.8 Å². The van der Waals surface area contributed by atoms with E-state index in [2.05, 4.69) is 0 Å². The van der Waals surface area contributed by atoms with Crippen LogP contribution >= 0.6 is 0 Å². The number of benzene rings is 1. The monoisotopic (exact) mass is 749 g/mol. The molecule has 0 bridgehead atoms. The fourth-order valence-electron chi connectivity index (χ4n) is 8.70. The van der Waals surface area contributed by atoms with Gasteiger partial charge in [-0.3, -0.25) is 9.59 Å². The highest BCUT2D eigenvalue weighted by Gasteiger charge is 2.63. The van der Waals surface area contributed by atoms with Crippen molar-refractivity contribution in [3.05, 3.63) is 35.9 Å². The lowest BCUT2D eigenvalue weighted by atomic mass is 9.69. The molecule has 4 rings (SSSR count). The zero-order valence-corrected chi connectivity index (χ0v) is 33.1. The molecule has 1 N–H and O–H groups in total. The molecule has 0 aliphatic carbocycles. The Morgan fingerprint density at radius 1 is 1.00 bits per heavy atom. The second-order valence-corrected chi connectivity index (χ2v) is 16.1. The van der Waals surface area contributed by atoms with Gasteiger partial charge in [-0.05, 0) is 73.0 Å². The molecule has 3 fully saturated rings. The SMILES string of the molecule is CC[C@H]1OC(=O)[C@@](C)(F)C(=O)[C@H](C)[C@@H](O[C@@H]2O[C@H](C)C[C@H](N(C)C)[C@H]2O)[C@](C)(OC)C[C@@H](C)C(=O)[C@H](C)[C@@H]2C(OCCc3ccccc3)C(=O)O[C@]12C. The summed E-state index contributed by atoms with van der Waals surface area (Å²) in [4.78, 5) is 58.0. The predicted octanol–water partition coefficient (Wildman–Crippen LogP) is 4.26. The number of alkyl halides is 1. The smallest absolute Gasteiger partial charge is 0.351 e. The summed E-state index contributed by atoms with van der Waals surface area (Å²) in [6, 6.07) is 9.20. The first-order valence-corrected chi connectivity index (χ1v) is 18.8. The van der Waals surface area contributed by atoms with Crippen molar-refractivity contribution in [2.75, 3.05) is 27.8 Å². The Kier molecular flexibility index (Phi) is 13.7. The molecule has 0 radical (unpaired) electrons. The zero-order chi connectivity index (χ0) is 39.6. The van der Waals surface area contributed by atoms with E-state index in [-0.39, 0.29) is 37.4 Å². The summed E-state index contributed by atoms with van der Waals surface area (Å²) < 4.78 is 53.3. The number of Topliss-reactive ketones (excluding diaryl/α,β-unsaturated/α-hetero) is 2. The first kappa shape index (κ1) is 42.9. The van der Waals surface area contributed by atoms with E-state index in [1.165, 1.54) is 14.0 Å². The van der Waals surface area contributed by atoms with Crippen molar-refractivity contribution in [1.29, 1.82) is 0 Å². The number of carbonyl (C=O) groups excluding carboxylic acids is 4. The van der Waals surface area contributed by atoms with Crippen LogP contribution in [-0.2, 0) is 54.0 Å². The van der Waals surface area contributed by atoms with Gasteiger partial charge in [-0.15, -0.1) is 0 Å². The van der Waals surface area contributed by atoms with Crippen molar-refractivity contribution < 1.29 is 57.1 Å². The number of hydrogen-bond acceptors (Lipinski definition) is 12. The van der Waals surface area contributed by atoms with E-state index < -0.39 is 89.0 Å². The highest BCUT2D eigenvalue weighted by Crippen LogP contribution is 2.47. The van der Waals surface area contributed by atoms with Crippen molar-refractivity contribution >= 4 is 23.5 Å². The number of carbonyl (C=O) groups is 4. The zero-order valence-electron chi connectivity index (χ0n) is 33.1. The lowest BCUT2D eigenvalue weighted by molar-refractivity contribution is -0.295. The highest BCUT2D eigenvalue weighted by atomic mass is 19.1. The Morgan fingerprint density at radius 3 is 2.23 bits per heavy atom. The Bertz CT molecular complexity index is 1460. The van der Waals surface area contributed by atoms with Gasteiger partial charge in [0.1, 0.15) is 18.0 Å². The number of likely N-dealkylation sites (N-methyl/N-ethyl adjacent to an activating group) is 1. The van der Waals surface area contributed by atoms with Gasteiger partial charge in [-0.25, -0.2) is 14.0 Å². The van der Waals surface area contributed by atoms with E-state index in [0.717, 1.165) is 12.5 Å². The number of halogens is 1. The van der Waals surface area contributed by atoms with Crippen LogP contribution in [0.4, 0.5) is 4.39 Å². The minimum absolute atomic E-state index is 0.00708. The molecule has 0 saturated carbocycles. The van der Waals surface area contributed by atoms with Gasteiger partial charge in [0.05, 0.1) is 24.4 Å². The van der Waals surface area contributed by atoms with Crippen LogP contribution in [0.3, 0.4) is 0 Å². The Hall–Kier alpha value is -2.81. The number of hydrogen-bond donors (Lipinski definition) is 1. The molecule has 0 amide bonds. The number of fused-ring (bicyclic) bond motifs is 1. The third kappa shape index (κ3) is 8.70. The molecule has 1 unspecified atom stereocenters. The summed E-state index contributed by atoms with van der Waals surface area (Å²) in [5.74, 6) is -7.52. The number of nitrogens with zero attached hydrogens (tertiary/aromatic N) is 1. The van der Waals surface area contributed by atoms with Crippen LogP contribution in [0.1, 0.15) is 80.2 Å². The van der Waals surface area contributed by atoms with Crippen molar-refractivity contribution in [2.24, 2.45) is 23.7 Å². The molecule has 1 aromatic rings. The molecule has 12 nitrogen and oxygen atoms in total. The predicted molar refractivity (Wildman–Crippen MR) is 192 cm³/mol. The second-order valence-electron chi connectivity index (χ2n) is 16.1. The van der Waals surface area contributed by atoms with Crippen LogP contribution in [0.5, 0.6) is 0 Å². The number of rotatable bonds is 9. The maximum absolute atomic E-state index is 16.8. The highest BCUT2D eigenvalue weighted by molar-refractivity contribution is 6.08. The first-order chi connectivity index (χ1) is 24.7. The number of aliphatic hydroxyl groups is 1. The first-order valence-electron chi connectivity index (χ1n) is 18.8. The molecule has 1 aromatic carbocycles. The van der Waals surface area contributed by atoms with Gasteiger partial charge >= 0.3 is 11.9 Å². The van der Waals surface area contributed by atoms with E-state index in [1.807, 2.05) is 56.3 Å². The summed E-state index contributed by atoms with van der Waals surface area (Å²) >= 11 is 0. The molecule has 3 aliphatic rings. The van der Waals surface area contributed by atoms with E-state index in [4.69, 9.17) is 28.4 Å². The van der Waals surface area contributed by atoms with E-state index in [1.54, 1.807) is 34.6 Å². The van der Waals surface area contributed by atoms with Crippen molar-refractivity contribution in [1.82, 2.24) is 4.90 Å². The molecule has 3 aliphatic heterocycles.